The number of hydrogen-bond donors (Lipinski definition) is 1. The molecule has 0 aromatic heterocycles. The van der Waals surface area contributed by atoms with Gasteiger partial charge in [-0.05, 0) is 13.8 Å². The molecule has 0 spiro atoms. The number of rotatable bonds is 3. The average Bonchev–Trinajstić information content (AvgIpc) is 2.01. The largest absolute Gasteiger partial charge is 0.480 e. The third-order valence-electron chi connectivity index (χ3n) is 1.83. The van der Waals surface area contributed by atoms with Gasteiger partial charge in [0.1, 0.15) is 6.10 Å². The molecule has 0 fully saturated rings. The zero-order chi connectivity index (χ0) is 10.6. The van der Waals surface area contributed by atoms with Crippen molar-refractivity contribution in [2.45, 2.75) is 26.9 Å². The highest BCUT2D eigenvalue weighted by atomic mass is 16.5. The molecule has 2 unspecified atom stereocenters. The molecule has 0 aromatic rings. The van der Waals surface area contributed by atoms with Gasteiger partial charge in [0.25, 0.3) is 0 Å². The number of esters is 1. The number of nitriles is 1. The Bertz CT molecular complexity index is 268. The Kier molecular flexibility index (Phi) is 3.43. The SMILES string of the molecule is CC(=O)OC(C)C(C)(C#N)C(=O)O. The Hall–Kier alpha value is -1.57. The highest BCUT2D eigenvalue weighted by molar-refractivity contribution is 5.79. The summed E-state index contributed by atoms with van der Waals surface area (Å²) in [6, 6.07) is 1.61. The van der Waals surface area contributed by atoms with Crippen LogP contribution in [0.3, 0.4) is 0 Å². The van der Waals surface area contributed by atoms with Gasteiger partial charge >= 0.3 is 11.9 Å². The first-order valence-electron chi connectivity index (χ1n) is 3.66. The van der Waals surface area contributed by atoms with Crippen LogP contribution in [0.1, 0.15) is 20.8 Å². The first kappa shape index (κ1) is 11.4. The second-order valence-electron chi connectivity index (χ2n) is 2.87. The molecular formula is C8H11NO4. The molecule has 0 aromatic carbocycles. The van der Waals surface area contributed by atoms with E-state index in [-0.39, 0.29) is 0 Å². The Morgan fingerprint density at radius 1 is 1.62 bits per heavy atom. The summed E-state index contributed by atoms with van der Waals surface area (Å²) in [5.74, 6) is -1.90. The fraction of sp³-hybridized carbons (Fsp3) is 0.625. The molecule has 0 saturated carbocycles. The van der Waals surface area contributed by atoms with Gasteiger partial charge < -0.3 is 9.84 Å². The minimum atomic E-state index is -1.69. The topological polar surface area (TPSA) is 87.4 Å². The molecule has 5 heteroatoms. The number of carbonyl (C=O) groups is 2. The van der Waals surface area contributed by atoms with Gasteiger partial charge in [0.15, 0.2) is 5.41 Å². The molecule has 1 N–H and O–H groups in total. The van der Waals surface area contributed by atoms with Gasteiger partial charge in [0.05, 0.1) is 6.07 Å². The van der Waals surface area contributed by atoms with Crippen molar-refractivity contribution in [2.24, 2.45) is 5.41 Å². The van der Waals surface area contributed by atoms with E-state index in [2.05, 4.69) is 4.74 Å². The van der Waals surface area contributed by atoms with Crippen LogP contribution in [0, 0.1) is 16.7 Å². The van der Waals surface area contributed by atoms with Crippen LogP contribution in [-0.4, -0.2) is 23.1 Å². The smallest absolute Gasteiger partial charge is 0.327 e. The molecule has 5 nitrogen and oxygen atoms in total. The zero-order valence-electron chi connectivity index (χ0n) is 7.70. The number of ether oxygens (including phenoxy) is 1. The van der Waals surface area contributed by atoms with Crippen molar-refractivity contribution in [3.05, 3.63) is 0 Å². The molecule has 0 aliphatic rings. The van der Waals surface area contributed by atoms with E-state index < -0.39 is 23.5 Å². The van der Waals surface area contributed by atoms with Gasteiger partial charge in [-0.15, -0.1) is 0 Å². The summed E-state index contributed by atoms with van der Waals surface area (Å²) in [6.07, 6.45) is -0.965. The summed E-state index contributed by atoms with van der Waals surface area (Å²) in [4.78, 5) is 21.2. The lowest BCUT2D eigenvalue weighted by Crippen LogP contribution is -2.39. The van der Waals surface area contributed by atoms with E-state index in [0.29, 0.717) is 0 Å². The maximum absolute atomic E-state index is 10.7. The van der Waals surface area contributed by atoms with Crippen molar-refractivity contribution in [1.82, 2.24) is 0 Å². The summed E-state index contributed by atoms with van der Waals surface area (Å²) in [7, 11) is 0. The van der Waals surface area contributed by atoms with Gasteiger partial charge in [0.2, 0.25) is 0 Å². The second kappa shape index (κ2) is 3.90. The molecule has 0 amide bonds. The van der Waals surface area contributed by atoms with Gasteiger partial charge in [0, 0.05) is 6.92 Å². The van der Waals surface area contributed by atoms with Crippen LogP contribution in [0.15, 0.2) is 0 Å². The third kappa shape index (κ3) is 2.44. The first-order chi connectivity index (χ1) is 5.84. The summed E-state index contributed by atoms with van der Waals surface area (Å²) < 4.78 is 4.63. The van der Waals surface area contributed by atoms with Gasteiger partial charge in [-0.3, -0.25) is 9.59 Å². The fourth-order valence-electron chi connectivity index (χ4n) is 0.679. The third-order valence-corrected chi connectivity index (χ3v) is 1.83. The molecule has 0 saturated heterocycles. The predicted molar refractivity (Wildman–Crippen MR) is 42.6 cm³/mol. The van der Waals surface area contributed by atoms with Crippen LogP contribution in [0.2, 0.25) is 0 Å². The molecule has 0 radical (unpaired) electrons. The minimum Gasteiger partial charge on any atom is -0.480 e. The van der Waals surface area contributed by atoms with Gasteiger partial charge in [-0.1, -0.05) is 0 Å². The Morgan fingerprint density at radius 2 is 2.08 bits per heavy atom. The first-order valence-corrected chi connectivity index (χ1v) is 3.66. The van der Waals surface area contributed by atoms with Crippen LogP contribution in [0.5, 0.6) is 0 Å². The average molecular weight is 185 g/mol. The van der Waals surface area contributed by atoms with Crippen LogP contribution in [0.25, 0.3) is 0 Å². The van der Waals surface area contributed by atoms with Crippen molar-refractivity contribution in [1.29, 1.82) is 5.26 Å². The molecule has 0 heterocycles. The number of hydrogen-bond acceptors (Lipinski definition) is 4. The number of carbonyl (C=O) groups excluding carboxylic acids is 1. The van der Waals surface area contributed by atoms with Crippen molar-refractivity contribution in [2.75, 3.05) is 0 Å². The van der Waals surface area contributed by atoms with Crippen molar-refractivity contribution in [3.63, 3.8) is 0 Å². The van der Waals surface area contributed by atoms with Crippen molar-refractivity contribution in [3.8, 4) is 6.07 Å². The summed E-state index contributed by atoms with van der Waals surface area (Å²) in [5, 5.41) is 17.3. The predicted octanol–water partition coefficient (Wildman–Crippen LogP) is 0.552. The van der Waals surface area contributed by atoms with Crippen LogP contribution < -0.4 is 0 Å². The van der Waals surface area contributed by atoms with Crippen LogP contribution in [0.4, 0.5) is 0 Å². The molecule has 0 bridgehead atoms. The summed E-state index contributed by atoms with van der Waals surface area (Å²) in [6.45, 7) is 3.75. The van der Waals surface area contributed by atoms with E-state index in [1.165, 1.54) is 13.8 Å². The van der Waals surface area contributed by atoms with Crippen LogP contribution in [-0.2, 0) is 14.3 Å². The molecular weight excluding hydrogens is 174 g/mol. The van der Waals surface area contributed by atoms with E-state index in [4.69, 9.17) is 10.4 Å². The quantitative estimate of drug-likeness (QED) is 0.649. The lowest BCUT2D eigenvalue weighted by atomic mass is 9.87. The standard InChI is InChI=1S/C8H11NO4/c1-5(13-6(2)10)8(3,4-9)7(11)12/h5H,1-3H3,(H,11,12). The van der Waals surface area contributed by atoms with Gasteiger partial charge in [-0.25, -0.2) is 0 Å². The summed E-state index contributed by atoms with van der Waals surface area (Å²) in [5.41, 5.74) is -1.69. The lowest BCUT2D eigenvalue weighted by Gasteiger charge is -2.23. The normalized spacial score (nSPS) is 16.5. The molecule has 0 rings (SSSR count). The Balaban J connectivity index is 4.69. The molecule has 2 atom stereocenters. The van der Waals surface area contributed by atoms with Gasteiger partial charge in [-0.2, -0.15) is 5.26 Å². The Morgan fingerprint density at radius 3 is 2.31 bits per heavy atom. The summed E-state index contributed by atoms with van der Waals surface area (Å²) >= 11 is 0. The number of nitrogens with zero attached hydrogens (tertiary/aromatic N) is 1. The van der Waals surface area contributed by atoms with Crippen molar-refractivity contribution >= 4 is 11.9 Å². The Labute approximate surface area is 75.9 Å². The maximum Gasteiger partial charge on any atom is 0.327 e. The van der Waals surface area contributed by atoms with E-state index >= 15 is 0 Å². The van der Waals surface area contributed by atoms with E-state index in [9.17, 15) is 9.59 Å². The minimum absolute atomic E-state index is 0.602. The molecule has 72 valence electrons. The monoisotopic (exact) mass is 185 g/mol. The zero-order valence-corrected chi connectivity index (χ0v) is 7.70. The van der Waals surface area contributed by atoms with E-state index in [1.807, 2.05) is 0 Å². The molecule has 13 heavy (non-hydrogen) atoms. The highest BCUT2D eigenvalue weighted by Gasteiger charge is 2.41. The molecule has 0 aliphatic carbocycles. The number of carboxylic acids is 1. The number of aliphatic carboxylic acids is 1. The van der Waals surface area contributed by atoms with E-state index in [0.717, 1.165) is 6.92 Å². The maximum atomic E-state index is 10.7. The van der Waals surface area contributed by atoms with Crippen molar-refractivity contribution < 1.29 is 19.4 Å². The molecule has 0 aliphatic heterocycles. The number of carboxylic acid groups (broad SMARTS) is 1. The second-order valence-corrected chi connectivity index (χ2v) is 2.87. The lowest BCUT2D eigenvalue weighted by molar-refractivity contribution is -0.160. The highest BCUT2D eigenvalue weighted by Crippen LogP contribution is 2.23. The van der Waals surface area contributed by atoms with Crippen LogP contribution >= 0.6 is 0 Å². The fourth-order valence-corrected chi connectivity index (χ4v) is 0.679. The van der Waals surface area contributed by atoms with E-state index in [1.54, 1.807) is 6.07 Å².